The van der Waals surface area contributed by atoms with E-state index in [1.165, 1.54) is 32.0 Å². The van der Waals surface area contributed by atoms with Crippen LogP contribution >= 0.6 is 0 Å². The molecule has 4 rings (SSSR count). The fraction of sp³-hybridized carbons (Fsp3) is 0.579. The van der Waals surface area contributed by atoms with E-state index in [2.05, 4.69) is 24.8 Å². The zero-order valence-electron chi connectivity index (χ0n) is 14.8. The lowest BCUT2D eigenvalue weighted by atomic mass is 9.79. The van der Waals surface area contributed by atoms with Crippen molar-refractivity contribution < 1.29 is 4.74 Å². The van der Waals surface area contributed by atoms with Crippen molar-refractivity contribution in [2.45, 2.75) is 39.0 Å². The molecule has 1 aliphatic heterocycles. The van der Waals surface area contributed by atoms with E-state index < -0.39 is 0 Å². The third-order valence-corrected chi connectivity index (χ3v) is 5.71. The first-order valence-electron chi connectivity index (χ1n) is 9.18. The molecule has 2 aromatic rings. The lowest BCUT2D eigenvalue weighted by molar-refractivity contribution is 0.188. The van der Waals surface area contributed by atoms with Crippen LogP contribution < -0.4 is 9.64 Å². The zero-order chi connectivity index (χ0) is 17.1. The fourth-order valence-corrected chi connectivity index (χ4v) is 3.99. The first-order valence-corrected chi connectivity index (χ1v) is 9.18. The molecule has 0 amide bonds. The normalized spacial score (nSPS) is 19.6. The standard InChI is InChI=1S/C19H25N5O/c1-15-12-21-18(22-13-15)24-9-3-16(4-10-24)19(5-6-19)7-11-25-17-2-8-20-14-23-17/h2,8,12-14,16H,3-7,9-11H2,1H3. The molecule has 2 fully saturated rings. The molecule has 1 saturated heterocycles. The minimum atomic E-state index is 0.493. The molecule has 6 nitrogen and oxygen atoms in total. The van der Waals surface area contributed by atoms with E-state index in [9.17, 15) is 0 Å². The molecule has 132 valence electrons. The van der Waals surface area contributed by atoms with Crippen molar-refractivity contribution in [1.29, 1.82) is 0 Å². The Morgan fingerprint density at radius 1 is 1.16 bits per heavy atom. The smallest absolute Gasteiger partial charge is 0.225 e. The molecule has 6 heteroatoms. The summed E-state index contributed by atoms with van der Waals surface area (Å²) in [7, 11) is 0. The quantitative estimate of drug-likeness (QED) is 0.806. The maximum Gasteiger partial charge on any atom is 0.225 e. The van der Waals surface area contributed by atoms with Crippen LogP contribution in [0.15, 0.2) is 31.0 Å². The Morgan fingerprint density at radius 2 is 1.92 bits per heavy atom. The summed E-state index contributed by atoms with van der Waals surface area (Å²) in [5.41, 5.74) is 1.60. The predicted molar refractivity (Wildman–Crippen MR) is 95.5 cm³/mol. The van der Waals surface area contributed by atoms with Crippen LogP contribution in [0, 0.1) is 18.3 Å². The Labute approximate surface area is 148 Å². The molecule has 0 spiro atoms. The molecule has 0 atom stereocenters. The number of rotatable bonds is 6. The fourth-order valence-electron chi connectivity index (χ4n) is 3.99. The van der Waals surface area contributed by atoms with E-state index in [0.29, 0.717) is 11.3 Å². The van der Waals surface area contributed by atoms with Crippen LogP contribution in [0.1, 0.15) is 37.7 Å². The van der Waals surface area contributed by atoms with Gasteiger partial charge in [0.15, 0.2) is 0 Å². The number of nitrogens with zero attached hydrogens (tertiary/aromatic N) is 5. The second-order valence-corrected chi connectivity index (χ2v) is 7.33. The highest BCUT2D eigenvalue weighted by atomic mass is 16.5. The average molecular weight is 339 g/mol. The van der Waals surface area contributed by atoms with E-state index in [1.807, 2.05) is 25.4 Å². The number of aryl methyl sites for hydroxylation is 1. The maximum absolute atomic E-state index is 5.79. The predicted octanol–water partition coefficient (Wildman–Crippen LogP) is 3.04. The number of hydrogen-bond donors (Lipinski definition) is 0. The van der Waals surface area contributed by atoms with Gasteiger partial charge in [0.2, 0.25) is 11.8 Å². The van der Waals surface area contributed by atoms with Crippen LogP contribution in [-0.4, -0.2) is 39.6 Å². The van der Waals surface area contributed by atoms with E-state index in [1.54, 1.807) is 6.20 Å². The van der Waals surface area contributed by atoms with E-state index in [4.69, 9.17) is 4.74 Å². The van der Waals surface area contributed by atoms with Gasteiger partial charge in [0.05, 0.1) is 6.61 Å². The van der Waals surface area contributed by atoms with E-state index in [-0.39, 0.29) is 0 Å². The number of piperidine rings is 1. The lowest BCUT2D eigenvalue weighted by Crippen LogP contribution is -2.38. The minimum absolute atomic E-state index is 0.493. The number of ether oxygens (including phenoxy) is 1. The Bertz CT molecular complexity index is 679. The van der Waals surface area contributed by atoms with Crippen LogP contribution in [0.25, 0.3) is 0 Å². The van der Waals surface area contributed by atoms with Gasteiger partial charge in [-0.25, -0.2) is 19.9 Å². The Morgan fingerprint density at radius 3 is 2.56 bits per heavy atom. The second-order valence-electron chi connectivity index (χ2n) is 7.33. The van der Waals surface area contributed by atoms with Crippen LogP contribution in [0.3, 0.4) is 0 Å². The van der Waals surface area contributed by atoms with Gasteiger partial charge in [-0.3, -0.25) is 0 Å². The van der Waals surface area contributed by atoms with Crippen LogP contribution in [0.5, 0.6) is 5.88 Å². The van der Waals surface area contributed by atoms with Crippen molar-refractivity contribution in [2.24, 2.45) is 11.3 Å². The summed E-state index contributed by atoms with van der Waals surface area (Å²) in [5, 5.41) is 0. The Hall–Kier alpha value is -2.24. The van der Waals surface area contributed by atoms with Crippen molar-refractivity contribution >= 4 is 5.95 Å². The number of aromatic nitrogens is 4. The molecular weight excluding hydrogens is 314 g/mol. The SMILES string of the molecule is Cc1cnc(N2CCC(C3(CCOc4ccncn4)CC3)CC2)nc1. The lowest BCUT2D eigenvalue weighted by Gasteiger charge is -2.36. The van der Waals surface area contributed by atoms with Gasteiger partial charge in [-0.1, -0.05) is 0 Å². The van der Waals surface area contributed by atoms with E-state index >= 15 is 0 Å². The second kappa shape index (κ2) is 6.94. The number of hydrogen-bond acceptors (Lipinski definition) is 6. The summed E-state index contributed by atoms with van der Waals surface area (Å²) in [6.07, 6.45) is 13.3. The van der Waals surface area contributed by atoms with Gasteiger partial charge in [0, 0.05) is 37.7 Å². The van der Waals surface area contributed by atoms with Crippen molar-refractivity contribution in [3.05, 3.63) is 36.5 Å². The number of anilines is 1. The first-order chi connectivity index (χ1) is 12.3. The maximum atomic E-state index is 5.79. The highest BCUT2D eigenvalue weighted by Gasteiger charge is 2.49. The van der Waals surface area contributed by atoms with Crippen molar-refractivity contribution in [1.82, 2.24) is 19.9 Å². The first kappa shape index (κ1) is 16.2. The van der Waals surface area contributed by atoms with Crippen LogP contribution in [-0.2, 0) is 0 Å². The molecule has 3 heterocycles. The van der Waals surface area contributed by atoms with E-state index in [0.717, 1.165) is 43.5 Å². The van der Waals surface area contributed by atoms with Crippen LogP contribution in [0.2, 0.25) is 0 Å². The Balaban J connectivity index is 1.27. The van der Waals surface area contributed by atoms with Gasteiger partial charge in [0.25, 0.3) is 0 Å². The van der Waals surface area contributed by atoms with Crippen molar-refractivity contribution in [3.8, 4) is 5.88 Å². The van der Waals surface area contributed by atoms with Gasteiger partial charge in [-0.05, 0) is 55.9 Å². The monoisotopic (exact) mass is 339 g/mol. The molecule has 0 radical (unpaired) electrons. The summed E-state index contributed by atoms with van der Waals surface area (Å²) in [5.74, 6) is 2.35. The molecular formula is C19H25N5O. The molecule has 1 aliphatic carbocycles. The molecule has 2 aromatic heterocycles. The highest BCUT2D eigenvalue weighted by Crippen LogP contribution is 2.57. The molecule has 0 bridgehead atoms. The molecule has 0 aromatic carbocycles. The summed E-state index contributed by atoms with van der Waals surface area (Å²) >= 11 is 0. The Kier molecular flexibility index (Phi) is 4.51. The summed E-state index contributed by atoms with van der Waals surface area (Å²) < 4.78 is 5.79. The average Bonchev–Trinajstić information content (AvgIpc) is 3.45. The third-order valence-electron chi connectivity index (χ3n) is 5.71. The highest BCUT2D eigenvalue weighted by molar-refractivity contribution is 5.30. The van der Waals surface area contributed by atoms with Crippen molar-refractivity contribution in [2.75, 3.05) is 24.6 Å². The largest absolute Gasteiger partial charge is 0.478 e. The van der Waals surface area contributed by atoms with Gasteiger partial charge in [-0.2, -0.15) is 0 Å². The van der Waals surface area contributed by atoms with Gasteiger partial charge >= 0.3 is 0 Å². The molecule has 0 N–H and O–H groups in total. The van der Waals surface area contributed by atoms with Gasteiger partial charge in [0.1, 0.15) is 6.33 Å². The summed E-state index contributed by atoms with van der Waals surface area (Å²) in [6.45, 7) is 4.89. The van der Waals surface area contributed by atoms with Gasteiger partial charge < -0.3 is 9.64 Å². The van der Waals surface area contributed by atoms with Crippen LogP contribution in [0.4, 0.5) is 5.95 Å². The zero-order valence-corrected chi connectivity index (χ0v) is 14.8. The molecule has 0 unspecified atom stereocenters. The molecule has 25 heavy (non-hydrogen) atoms. The summed E-state index contributed by atoms with van der Waals surface area (Å²) in [4.78, 5) is 19.3. The van der Waals surface area contributed by atoms with Gasteiger partial charge in [-0.15, -0.1) is 0 Å². The third kappa shape index (κ3) is 3.72. The van der Waals surface area contributed by atoms with Crippen molar-refractivity contribution in [3.63, 3.8) is 0 Å². The molecule has 1 saturated carbocycles. The summed E-state index contributed by atoms with van der Waals surface area (Å²) in [6, 6.07) is 1.82. The minimum Gasteiger partial charge on any atom is -0.478 e. The topological polar surface area (TPSA) is 64.0 Å². The molecule has 2 aliphatic rings.